The number of aromatic nitrogens is 1. The van der Waals surface area contributed by atoms with Gasteiger partial charge >= 0.3 is 6.18 Å². The third-order valence-corrected chi connectivity index (χ3v) is 6.36. The fourth-order valence-electron chi connectivity index (χ4n) is 3.58. The standard InChI is InChI=1S/C22H22F3N3OS/c1-14-8-10-28(11-9-14)13-15-2-7-18-19(12-15)30-21(26-18)27-20(29)16-3-5-17(6-4-16)22(23,24)25/h2-7,12,14H,8-11,13H2,1H3,(H,26,27,29). The number of likely N-dealkylation sites (tertiary alicyclic amines) is 1. The Labute approximate surface area is 176 Å². The molecule has 158 valence electrons. The zero-order valence-electron chi connectivity index (χ0n) is 16.5. The highest BCUT2D eigenvalue weighted by molar-refractivity contribution is 7.22. The smallest absolute Gasteiger partial charge is 0.299 e. The molecule has 0 radical (unpaired) electrons. The number of benzene rings is 2. The highest BCUT2D eigenvalue weighted by atomic mass is 32.1. The fraction of sp³-hybridized carbons (Fsp3) is 0.364. The van der Waals surface area contributed by atoms with Gasteiger partial charge in [0.2, 0.25) is 0 Å². The molecule has 30 heavy (non-hydrogen) atoms. The maximum atomic E-state index is 12.7. The van der Waals surface area contributed by atoms with Crippen molar-refractivity contribution >= 4 is 32.6 Å². The van der Waals surface area contributed by atoms with E-state index < -0.39 is 17.6 Å². The molecule has 1 aliphatic rings. The van der Waals surface area contributed by atoms with E-state index in [1.165, 1.54) is 41.9 Å². The SMILES string of the molecule is CC1CCN(Cc2ccc3nc(NC(=O)c4ccc(C(F)(F)F)cc4)sc3c2)CC1. The summed E-state index contributed by atoms with van der Waals surface area (Å²) in [6.07, 6.45) is -1.97. The van der Waals surface area contributed by atoms with E-state index >= 15 is 0 Å². The summed E-state index contributed by atoms with van der Waals surface area (Å²) in [5.41, 5.74) is 1.37. The number of carbonyl (C=O) groups is 1. The van der Waals surface area contributed by atoms with Crippen molar-refractivity contribution in [3.63, 3.8) is 0 Å². The van der Waals surface area contributed by atoms with Crippen molar-refractivity contribution in [2.75, 3.05) is 18.4 Å². The van der Waals surface area contributed by atoms with E-state index in [4.69, 9.17) is 0 Å². The highest BCUT2D eigenvalue weighted by Crippen LogP contribution is 2.30. The Hall–Kier alpha value is -2.45. The molecule has 1 saturated heterocycles. The van der Waals surface area contributed by atoms with Gasteiger partial charge < -0.3 is 0 Å². The van der Waals surface area contributed by atoms with Crippen molar-refractivity contribution in [3.8, 4) is 0 Å². The van der Waals surface area contributed by atoms with E-state index in [0.29, 0.717) is 5.13 Å². The largest absolute Gasteiger partial charge is 0.416 e. The summed E-state index contributed by atoms with van der Waals surface area (Å²) in [6.45, 7) is 5.40. The molecule has 1 N–H and O–H groups in total. The topological polar surface area (TPSA) is 45.2 Å². The van der Waals surface area contributed by atoms with Gasteiger partial charge in [-0.25, -0.2) is 4.98 Å². The minimum atomic E-state index is -4.42. The zero-order chi connectivity index (χ0) is 21.3. The van der Waals surface area contributed by atoms with Gasteiger partial charge in [-0.05, 0) is 73.8 Å². The minimum absolute atomic E-state index is 0.155. The molecule has 2 aromatic carbocycles. The van der Waals surface area contributed by atoms with Gasteiger partial charge in [0, 0.05) is 12.1 Å². The normalized spacial score (nSPS) is 16.1. The molecule has 1 fully saturated rings. The number of thiazole rings is 1. The lowest BCUT2D eigenvalue weighted by Gasteiger charge is -2.30. The summed E-state index contributed by atoms with van der Waals surface area (Å²) in [4.78, 5) is 19.3. The van der Waals surface area contributed by atoms with Crippen molar-refractivity contribution in [2.24, 2.45) is 5.92 Å². The van der Waals surface area contributed by atoms with E-state index in [1.54, 1.807) is 0 Å². The van der Waals surface area contributed by atoms with Crippen molar-refractivity contribution < 1.29 is 18.0 Å². The number of alkyl halides is 3. The monoisotopic (exact) mass is 433 g/mol. The molecule has 4 nitrogen and oxygen atoms in total. The molecule has 4 rings (SSSR count). The number of rotatable bonds is 4. The van der Waals surface area contributed by atoms with Crippen LogP contribution < -0.4 is 5.32 Å². The number of anilines is 1. The van der Waals surface area contributed by atoms with Crippen LogP contribution in [0, 0.1) is 5.92 Å². The van der Waals surface area contributed by atoms with E-state index in [2.05, 4.69) is 34.3 Å². The van der Waals surface area contributed by atoms with Gasteiger partial charge in [-0.3, -0.25) is 15.0 Å². The molecule has 0 saturated carbocycles. The van der Waals surface area contributed by atoms with Gasteiger partial charge in [-0.15, -0.1) is 0 Å². The third-order valence-electron chi connectivity index (χ3n) is 5.43. The second kappa shape index (κ2) is 8.35. The Morgan fingerprint density at radius 3 is 2.53 bits per heavy atom. The van der Waals surface area contributed by atoms with E-state index in [1.807, 2.05) is 6.07 Å². The first-order valence-electron chi connectivity index (χ1n) is 9.88. The Morgan fingerprint density at radius 2 is 1.87 bits per heavy atom. The third kappa shape index (κ3) is 4.82. The number of amides is 1. The number of carbonyl (C=O) groups excluding carboxylic acids is 1. The number of fused-ring (bicyclic) bond motifs is 1. The van der Waals surface area contributed by atoms with Crippen molar-refractivity contribution in [1.82, 2.24) is 9.88 Å². The molecule has 1 aliphatic heterocycles. The van der Waals surface area contributed by atoms with Gasteiger partial charge in [-0.2, -0.15) is 13.2 Å². The van der Waals surface area contributed by atoms with Gasteiger partial charge in [-0.1, -0.05) is 24.3 Å². The molecule has 3 aromatic rings. The molecule has 0 unspecified atom stereocenters. The van der Waals surface area contributed by atoms with Gasteiger partial charge in [0.15, 0.2) is 5.13 Å². The number of nitrogens with one attached hydrogen (secondary N) is 1. The fourth-order valence-corrected chi connectivity index (χ4v) is 4.50. The van der Waals surface area contributed by atoms with Crippen molar-refractivity contribution in [3.05, 3.63) is 59.2 Å². The van der Waals surface area contributed by atoms with Gasteiger partial charge in [0.1, 0.15) is 0 Å². The predicted molar refractivity (Wildman–Crippen MR) is 113 cm³/mol. The lowest BCUT2D eigenvalue weighted by atomic mass is 9.99. The molecular formula is C22H22F3N3OS. The van der Waals surface area contributed by atoms with Crippen LogP contribution in [-0.2, 0) is 12.7 Å². The van der Waals surface area contributed by atoms with Crippen LogP contribution in [0.5, 0.6) is 0 Å². The summed E-state index contributed by atoms with van der Waals surface area (Å²) in [6, 6.07) is 10.2. The molecule has 0 atom stereocenters. The Bertz CT molecular complexity index is 1040. The number of hydrogen-bond donors (Lipinski definition) is 1. The van der Waals surface area contributed by atoms with Crippen LogP contribution in [0.15, 0.2) is 42.5 Å². The molecule has 0 aliphatic carbocycles. The second-order valence-electron chi connectivity index (χ2n) is 7.81. The first kappa shape index (κ1) is 20.8. The molecule has 1 aromatic heterocycles. The average molecular weight is 433 g/mol. The maximum absolute atomic E-state index is 12.7. The number of piperidine rings is 1. The molecule has 2 heterocycles. The highest BCUT2D eigenvalue weighted by Gasteiger charge is 2.30. The minimum Gasteiger partial charge on any atom is -0.299 e. The van der Waals surface area contributed by atoms with E-state index in [0.717, 1.165) is 47.9 Å². The van der Waals surface area contributed by atoms with E-state index in [-0.39, 0.29) is 5.56 Å². The van der Waals surface area contributed by atoms with Crippen LogP contribution in [0.1, 0.15) is 41.3 Å². The second-order valence-corrected chi connectivity index (χ2v) is 8.84. The van der Waals surface area contributed by atoms with Crippen molar-refractivity contribution in [2.45, 2.75) is 32.5 Å². The first-order chi connectivity index (χ1) is 14.3. The van der Waals surface area contributed by atoms with Crippen LogP contribution in [0.25, 0.3) is 10.2 Å². The van der Waals surface area contributed by atoms with Crippen LogP contribution in [0.2, 0.25) is 0 Å². The molecular weight excluding hydrogens is 411 g/mol. The summed E-state index contributed by atoms with van der Waals surface area (Å²) in [5.74, 6) is 0.312. The maximum Gasteiger partial charge on any atom is 0.416 e. The van der Waals surface area contributed by atoms with Crippen LogP contribution >= 0.6 is 11.3 Å². The number of hydrogen-bond acceptors (Lipinski definition) is 4. The van der Waals surface area contributed by atoms with Crippen molar-refractivity contribution in [1.29, 1.82) is 0 Å². The number of nitrogens with zero attached hydrogens (tertiary/aromatic N) is 2. The Morgan fingerprint density at radius 1 is 1.17 bits per heavy atom. The first-order valence-corrected chi connectivity index (χ1v) is 10.7. The molecule has 1 amide bonds. The lowest BCUT2D eigenvalue weighted by molar-refractivity contribution is -0.137. The average Bonchev–Trinajstić information content (AvgIpc) is 3.10. The Balaban J connectivity index is 1.44. The van der Waals surface area contributed by atoms with Crippen LogP contribution in [0.3, 0.4) is 0 Å². The summed E-state index contributed by atoms with van der Waals surface area (Å²) in [7, 11) is 0. The predicted octanol–water partition coefficient (Wildman–Crippen LogP) is 5.80. The summed E-state index contributed by atoms with van der Waals surface area (Å²) < 4.78 is 39.0. The van der Waals surface area contributed by atoms with Crippen LogP contribution in [0.4, 0.5) is 18.3 Å². The zero-order valence-corrected chi connectivity index (χ0v) is 17.3. The lowest BCUT2D eigenvalue weighted by Crippen LogP contribution is -2.32. The number of halogens is 3. The van der Waals surface area contributed by atoms with Gasteiger partial charge in [0.05, 0.1) is 15.8 Å². The Kier molecular flexibility index (Phi) is 5.79. The quantitative estimate of drug-likeness (QED) is 0.566. The van der Waals surface area contributed by atoms with E-state index in [9.17, 15) is 18.0 Å². The summed E-state index contributed by atoms with van der Waals surface area (Å²) >= 11 is 1.36. The molecule has 8 heteroatoms. The van der Waals surface area contributed by atoms with Crippen LogP contribution in [-0.4, -0.2) is 28.9 Å². The molecule has 0 bridgehead atoms. The summed E-state index contributed by atoms with van der Waals surface area (Å²) in [5, 5.41) is 3.12. The molecule has 0 spiro atoms. The van der Waals surface area contributed by atoms with Gasteiger partial charge in [0.25, 0.3) is 5.91 Å².